The molecule has 0 aliphatic heterocycles. The number of ether oxygens (including phenoxy) is 2. The molecule has 0 radical (unpaired) electrons. The normalized spacial score (nSPS) is 12.9. The van der Waals surface area contributed by atoms with Crippen molar-refractivity contribution in [2.24, 2.45) is 0 Å². The quantitative estimate of drug-likeness (QED) is 0.460. The lowest BCUT2D eigenvalue weighted by molar-refractivity contribution is -0.116. The van der Waals surface area contributed by atoms with Gasteiger partial charge in [-0.05, 0) is 32.0 Å². The molecule has 0 saturated heterocycles. The fraction of sp³-hybridized carbons (Fsp3) is 0.429. The van der Waals surface area contributed by atoms with Crippen LogP contribution in [-0.2, 0) is 19.3 Å². The molecule has 1 aromatic carbocycles. The summed E-state index contributed by atoms with van der Waals surface area (Å²) < 4.78 is 35.7. The molecule has 0 aliphatic carbocycles. The van der Waals surface area contributed by atoms with Crippen molar-refractivity contribution in [2.75, 3.05) is 18.5 Å². The smallest absolute Gasteiger partial charge is 0.411 e. The fourth-order valence-corrected chi connectivity index (χ4v) is 6.78. The number of sulfone groups is 1. The van der Waals surface area contributed by atoms with Crippen LogP contribution in [0.4, 0.5) is 10.7 Å². The average molecular weight is 387 g/mol. The number of carbonyl (C=O) groups is 1. The molecule has 0 fully saturated rings. The van der Waals surface area contributed by atoms with Crippen LogP contribution in [0.25, 0.3) is 11.0 Å². The SMILES string of the molecule is CCOC(OCC)([SiH2]C)S(=O)(=O)c1ccc2[nH]c(NC(=O)O)nc2c1. The lowest BCUT2D eigenvalue weighted by Crippen LogP contribution is -2.48. The molecule has 0 spiro atoms. The van der Waals surface area contributed by atoms with Crippen molar-refractivity contribution in [3.63, 3.8) is 0 Å². The Labute approximate surface area is 147 Å². The number of fused-ring (bicyclic) bond motifs is 1. The molecule has 0 bridgehead atoms. The summed E-state index contributed by atoms with van der Waals surface area (Å²) in [5, 5.41) is 10.8. The minimum Gasteiger partial charge on any atom is -0.465 e. The molecular formula is C14H21N3O6SSi. The zero-order valence-electron chi connectivity index (χ0n) is 14.2. The third-order valence-electron chi connectivity index (χ3n) is 3.56. The van der Waals surface area contributed by atoms with Crippen LogP contribution in [0, 0.1) is 0 Å². The van der Waals surface area contributed by atoms with Gasteiger partial charge < -0.3 is 19.6 Å². The van der Waals surface area contributed by atoms with E-state index in [0.717, 1.165) is 0 Å². The van der Waals surface area contributed by atoms with Gasteiger partial charge in [-0.2, -0.15) is 0 Å². The van der Waals surface area contributed by atoms with E-state index in [-0.39, 0.29) is 24.1 Å². The van der Waals surface area contributed by atoms with E-state index in [4.69, 9.17) is 14.6 Å². The van der Waals surface area contributed by atoms with E-state index in [2.05, 4.69) is 15.3 Å². The van der Waals surface area contributed by atoms with E-state index in [1.165, 1.54) is 18.2 Å². The summed E-state index contributed by atoms with van der Waals surface area (Å²) in [5.41, 5.74) is 0.833. The van der Waals surface area contributed by atoms with E-state index in [1.54, 1.807) is 13.8 Å². The van der Waals surface area contributed by atoms with Gasteiger partial charge in [-0.1, -0.05) is 6.55 Å². The summed E-state index contributed by atoms with van der Waals surface area (Å²) in [6, 6.07) is 4.34. The molecule has 138 valence electrons. The highest BCUT2D eigenvalue weighted by Crippen LogP contribution is 2.30. The number of H-pyrrole nitrogens is 1. The zero-order valence-corrected chi connectivity index (χ0v) is 16.4. The Balaban J connectivity index is 2.52. The molecule has 2 aromatic rings. The van der Waals surface area contributed by atoms with Gasteiger partial charge in [-0.25, -0.2) is 18.2 Å². The summed E-state index contributed by atoms with van der Waals surface area (Å²) in [6.45, 7) is 5.65. The second-order valence-corrected chi connectivity index (χ2v) is 9.35. The predicted molar refractivity (Wildman–Crippen MR) is 95.3 cm³/mol. The Bertz CT molecular complexity index is 861. The molecule has 0 aliphatic rings. The number of amides is 1. The second kappa shape index (κ2) is 7.52. The maximum absolute atomic E-state index is 13.1. The number of imidazole rings is 1. The summed E-state index contributed by atoms with van der Waals surface area (Å²) >= 11 is 0. The monoisotopic (exact) mass is 387 g/mol. The van der Waals surface area contributed by atoms with Crippen molar-refractivity contribution in [3.8, 4) is 0 Å². The molecular weight excluding hydrogens is 366 g/mol. The molecule has 9 nitrogen and oxygen atoms in total. The Hall–Kier alpha value is -1.95. The summed E-state index contributed by atoms with van der Waals surface area (Å²) in [5.74, 6) is 0.0165. The standard InChI is InChI=1S/C14H21N3O6SSi/c1-4-22-14(25-3,23-5-2)24(20,21)9-6-7-10-11(8-9)16-12(15-10)17-13(18)19/h6-8H,4-5,25H2,1-3H3,(H,18,19)(H2,15,16,17). The van der Waals surface area contributed by atoms with E-state index in [1.807, 2.05) is 6.55 Å². The molecule has 1 heterocycles. The third kappa shape index (κ3) is 3.68. The molecule has 0 atom stereocenters. The van der Waals surface area contributed by atoms with Crippen molar-refractivity contribution in [1.82, 2.24) is 9.97 Å². The number of anilines is 1. The van der Waals surface area contributed by atoms with Crippen molar-refractivity contribution in [3.05, 3.63) is 18.2 Å². The second-order valence-electron chi connectivity index (χ2n) is 5.10. The van der Waals surface area contributed by atoms with Gasteiger partial charge in [0.15, 0.2) is 0 Å². The first kappa shape index (κ1) is 19.4. The largest absolute Gasteiger partial charge is 0.465 e. The van der Waals surface area contributed by atoms with Gasteiger partial charge in [0.1, 0.15) is 9.52 Å². The van der Waals surface area contributed by atoms with Crippen LogP contribution in [0.1, 0.15) is 13.8 Å². The Morgan fingerprint density at radius 3 is 2.52 bits per heavy atom. The number of hydrogen-bond acceptors (Lipinski definition) is 6. The van der Waals surface area contributed by atoms with E-state index >= 15 is 0 Å². The van der Waals surface area contributed by atoms with Gasteiger partial charge in [0.05, 0.1) is 15.9 Å². The van der Waals surface area contributed by atoms with Gasteiger partial charge in [-0.15, -0.1) is 0 Å². The van der Waals surface area contributed by atoms with Crippen LogP contribution in [0.3, 0.4) is 0 Å². The minimum atomic E-state index is -3.92. The van der Waals surface area contributed by atoms with Crippen LogP contribution in [0.2, 0.25) is 6.55 Å². The van der Waals surface area contributed by atoms with Crippen molar-refractivity contribution in [2.45, 2.75) is 30.0 Å². The molecule has 11 heteroatoms. The summed E-state index contributed by atoms with van der Waals surface area (Å²) in [4.78, 5) is 17.5. The van der Waals surface area contributed by atoms with Crippen LogP contribution >= 0.6 is 0 Å². The molecule has 1 amide bonds. The number of nitrogens with zero attached hydrogens (tertiary/aromatic N) is 1. The molecule has 0 unspecified atom stereocenters. The summed E-state index contributed by atoms with van der Waals surface area (Å²) in [7, 11) is -5.18. The highest BCUT2D eigenvalue weighted by Gasteiger charge is 2.45. The number of aromatic amines is 1. The molecule has 1 aromatic heterocycles. The van der Waals surface area contributed by atoms with Crippen LogP contribution < -0.4 is 5.32 Å². The Kier molecular flexibility index (Phi) is 5.82. The van der Waals surface area contributed by atoms with Crippen molar-refractivity contribution < 1.29 is 27.8 Å². The highest BCUT2D eigenvalue weighted by molar-refractivity contribution is 7.93. The van der Waals surface area contributed by atoms with E-state index < -0.39 is 30.2 Å². The highest BCUT2D eigenvalue weighted by atomic mass is 32.2. The third-order valence-corrected chi connectivity index (χ3v) is 8.77. The van der Waals surface area contributed by atoms with Gasteiger partial charge in [-0.3, -0.25) is 5.32 Å². The number of hydrogen-bond donors (Lipinski definition) is 3. The molecule has 0 saturated carbocycles. The lowest BCUT2D eigenvalue weighted by atomic mass is 10.3. The molecule has 25 heavy (non-hydrogen) atoms. The molecule has 3 N–H and O–H groups in total. The predicted octanol–water partition coefficient (Wildman–Crippen LogP) is 1.33. The first-order chi connectivity index (χ1) is 11.8. The number of benzene rings is 1. The zero-order chi connectivity index (χ0) is 18.7. The van der Waals surface area contributed by atoms with Crippen LogP contribution in [0.5, 0.6) is 0 Å². The maximum atomic E-state index is 13.1. The topological polar surface area (TPSA) is 131 Å². The number of aromatic nitrogens is 2. The van der Waals surface area contributed by atoms with Crippen LogP contribution in [-0.4, -0.2) is 57.1 Å². The number of carboxylic acid groups (broad SMARTS) is 1. The maximum Gasteiger partial charge on any atom is 0.411 e. The fourth-order valence-electron chi connectivity index (χ4n) is 2.52. The first-order valence-corrected chi connectivity index (χ1v) is 11.4. The summed E-state index contributed by atoms with van der Waals surface area (Å²) in [6.07, 6.45) is -1.27. The van der Waals surface area contributed by atoms with Gasteiger partial charge in [0.25, 0.3) is 0 Å². The lowest BCUT2D eigenvalue weighted by Gasteiger charge is -2.31. The van der Waals surface area contributed by atoms with Crippen LogP contribution in [0.15, 0.2) is 23.1 Å². The van der Waals surface area contributed by atoms with Gasteiger partial charge in [0, 0.05) is 13.2 Å². The van der Waals surface area contributed by atoms with Gasteiger partial charge in [0.2, 0.25) is 20.5 Å². The first-order valence-electron chi connectivity index (χ1n) is 7.82. The minimum absolute atomic E-state index is 0.0165. The van der Waals surface area contributed by atoms with Crippen molar-refractivity contribution in [1.29, 1.82) is 0 Å². The number of nitrogens with one attached hydrogen (secondary N) is 2. The average Bonchev–Trinajstić information content (AvgIpc) is 2.94. The number of rotatable bonds is 8. The Morgan fingerprint density at radius 1 is 1.36 bits per heavy atom. The van der Waals surface area contributed by atoms with Crippen molar-refractivity contribution >= 4 is 42.4 Å². The van der Waals surface area contributed by atoms with E-state index in [9.17, 15) is 13.2 Å². The Morgan fingerprint density at radius 2 is 2.00 bits per heavy atom. The molecule has 2 rings (SSSR count). The van der Waals surface area contributed by atoms with Gasteiger partial charge >= 0.3 is 6.09 Å². The van der Waals surface area contributed by atoms with E-state index in [0.29, 0.717) is 11.0 Å².